The molecule has 1 heterocycles. The van der Waals surface area contributed by atoms with Crippen molar-refractivity contribution in [2.45, 2.75) is 25.8 Å². The van der Waals surface area contributed by atoms with Gasteiger partial charge in [-0.1, -0.05) is 54.6 Å². The standard InChI is InChI=1S/C25H27N3O5/c1-2-33-24(31)20(16-29)13-22(28-23(30)21-14-26-25(32)27-15-21)12-17-8-10-19(11-9-17)18-6-4-3-5-7-18/h3-11,14-15,20,22,29H,2,12-13,16H2,1H3,(H,28,30)(H,26,27,32)/t20-,22+/m0/s1. The van der Waals surface area contributed by atoms with Crippen LogP contribution in [0.1, 0.15) is 29.3 Å². The fourth-order valence-electron chi connectivity index (χ4n) is 3.50. The SMILES string of the molecule is CCOC(=O)[C@H](CO)C[C@@H](Cc1ccc(-c2ccccc2)cc1)NC(=O)c1cnc(O)nc1. The number of carbonyl (C=O) groups excluding carboxylic acids is 2. The van der Waals surface area contributed by atoms with Crippen LogP contribution < -0.4 is 5.32 Å². The van der Waals surface area contributed by atoms with E-state index < -0.39 is 29.8 Å². The molecule has 0 fully saturated rings. The average molecular weight is 450 g/mol. The van der Waals surface area contributed by atoms with Crippen LogP contribution in [0.3, 0.4) is 0 Å². The summed E-state index contributed by atoms with van der Waals surface area (Å²) in [4.78, 5) is 32.2. The van der Waals surface area contributed by atoms with Crippen molar-refractivity contribution in [3.63, 3.8) is 0 Å². The van der Waals surface area contributed by atoms with Crippen molar-refractivity contribution in [2.24, 2.45) is 5.92 Å². The third kappa shape index (κ3) is 6.85. The minimum absolute atomic E-state index is 0.175. The molecule has 1 aromatic heterocycles. The van der Waals surface area contributed by atoms with Crippen LogP contribution in [-0.2, 0) is 16.0 Å². The molecule has 0 radical (unpaired) electrons. The van der Waals surface area contributed by atoms with E-state index in [0.29, 0.717) is 6.42 Å². The van der Waals surface area contributed by atoms with Crippen molar-refractivity contribution in [1.82, 2.24) is 15.3 Å². The van der Waals surface area contributed by atoms with Crippen LogP contribution in [0.4, 0.5) is 0 Å². The van der Waals surface area contributed by atoms with Gasteiger partial charge in [0.05, 0.1) is 24.7 Å². The molecular formula is C25H27N3O5. The lowest BCUT2D eigenvalue weighted by atomic mass is 9.94. The highest BCUT2D eigenvalue weighted by atomic mass is 16.5. The van der Waals surface area contributed by atoms with Crippen LogP contribution in [0.2, 0.25) is 0 Å². The Morgan fingerprint density at radius 3 is 2.24 bits per heavy atom. The molecule has 3 N–H and O–H groups in total. The molecule has 33 heavy (non-hydrogen) atoms. The minimum atomic E-state index is -0.769. The van der Waals surface area contributed by atoms with E-state index in [1.54, 1.807) is 6.92 Å². The molecule has 0 bridgehead atoms. The Morgan fingerprint density at radius 1 is 1.00 bits per heavy atom. The highest BCUT2D eigenvalue weighted by Crippen LogP contribution is 2.21. The number of ether oxygens (including phenoxy) is 1. The van der Waals surface area contributed by atoms with Crippen LogP contribution in [0, 0.1) is 5.92 Å². The normalized spacial score (nSPS) is 12.5. The molecule has 0 aliphatic carbocycles. The van der Waals surface area contributed by atoms with E-state index in [-0.39, 0.29) is 25.2 Å². The average Bonchev–Trinajstić information content (AvgIpc) is 2.84. The Balaban J connectivity index is 1.77. The Kier molecular flexibility index (Phi) is 8.49. The van der Waals surface area contributed by atoms with E-state index in [0.717, 1.165) is 16.7 Å². The number of aliphatic hydroxyl groups is 1. The zero-order valence-electron chi connectivity index (χ0n) is 18.3. The number of nitrogens with one attached hydrogen (secondary N) is 1. The molecule has 2 atom stereocenters. The molecule has 0 aliphatic heterocycles. The van der Waals surface area contributed by atoms with Crippen molar-refractivity contribution >= 4 is 11.9 Å². The molecule has 0 unspecified atom stereocenters. The van der Waals surface area contributed by atoms with Crippen molar-refractivity contribution in [3.8, 4) is 17.1 Å². The molecule has 3 rings (SSSR count). The second kappa shape index (κ2) is 11.7. The van der Waals surface area contributed by atoms with Gasteiger partial charge in [-0.3, -0.25) is 9.59 Å². The summed E-state index contributed by atoms with van der Waals surface area (Å²) in [7, 11) is 0. The third-order valence-electron chi connectivity index (χ3n) is 5.19. The van der Waals surface area contributed by atoms with Gasteiger partial charge in [-0.15, -0.1) is 0 Å². The lowest BCUT2D eigenvalue weighted by Crippen LogP contribution is -2.40. The molecule has 2 aromatic carbocycles. The van der Waals surface area contributed by atoms with Gasteiger partial charge in [0.15, 0.2) is 0 Å². The summed E-state index contributed by atoms with van der Waals surface area (Å²) < 4.78 is 5.05. The highest BCUT2D eigenvalue weighted by molar-refractivity contribution is 5.93. The van der Waals surface area contributed by atoms with Crippen molar-refractivity contribution in [2.75, 3.05) is 13.2 Å². The van der Waals surface area contributed by atoms with Crippen molar-refractivity contribution in [1.29, 1.82) is 0 Å². The molecule has 0 aliphatic rings. The van der Waals surface area contributed by atoms with Gasteiger partial charge in [-0.2, -0.15) is 0 Å². The summed E-state index contributed by atoms with van der Waals surface area (Å²) in [6.45, 7) is 1.52. The van der Waals surface area contributed by atoms with E-state index in [1.165, 1.54) is 12.4 Å². The van der Waals surface area contributed by atoms with Crippen LogP contribution in [0.25, 0.3) is 11.1 Å². The second-order valence-corrected chi connectivity index (χ2v) is 7.58. The fourth-order valence-corrected chi connectivity index (χ4v) is 3.50. The van der Waals surface area contributed by atoms with E-state index >= 15 is 0 Å². The number of rotatable bonds is 10. The summed E-state index contributed by atoms with van der Waals surface area (Å²) in [5, 5.41) is 21.9. The number of nitrogens with zero attached hydrogens (tertiary/aromatic N) is 2. The Bertz CT molecular complexity index is 1040. The summed E-state index contributed by atoms with van der Waals surface area (Å²) in [5.41, 5.74) is 3.31. The maximum absolute atomic E-state index is 12.7. The quantitative estimate of drug-likeness (QED) is 0.407. The molecule has 0 saturated heterocycles. The van der Waals surface area contributed by atoms with Gasteiger partial charge < -0.3 is 20.3 Å². The van der Waals surface area contributed by atoms with E-state index in [1.807, 2.05) is 54.6 Å². The molecule has 0 spiro atoms. The van der Waals surface area contributed by atoms with Gasteiger partial charge in [-0.05, 0) is 36.5 Å². The zero-order valence-corrected chi connectivity index (χ0v) is 18.3. The van der Waals surface area contributed by atoms with E-state index in [4.69, 9.17) is 4.74 Å². The molecule has 3 aromatic rings. The zero-order chi connectivity index (χ0) is 23.6. The first kappa shape index (κ1) is 23.9. The molecule has 0 saturated carbocycles. The maximum atomic E-state index is 12.7. The molecule has 1 amide bonds. The van der Waals surface area contributed by atoms with E-state index in [2.05, 4.69) is 15.3 Å². The first-order chi connectivity index (χ1) is 16.0. The lowest BCUT2D eigenvalue weighted by molar-refractivity contribution is -0.149. The number of amides is 1. The minimum Gasteiger partial charge on any atom is -0.479 e. The molecule has 8 nitrogen and oxygen atoms in total. The van der Waals surface area contributed by atoms with Gasteiger partial charge in [0.1, 0.15) is 0 Å². The van der Waals surface area contributed by atoms with Crippen molar-refractivity contribution in [3.05, 3.63) is 78.1 Å². The fraction of sp³-hybridized carbons (Fsp3) is 0.280. The Labute approximate surface area is 192 Å². The third-order valence-corrected chi connectivity index (χ3v) is 5.19. The van der Waals surface area contributed by atoms with Gasteiger partial charge >= 0.3 is 12.0 Å². The number of benzene rings is 2. The Morgan fingerprint density at radius 2 is 1.64 bits per heavy atom. The van der Waals surface area contributed by atoms with Crippen molar-refractivity contribution < 1.29 is 24.5 Å². The number of aromatic nitrogens is 2. The lowest BCUT2D eigenvalue weighted by Gasteiger charge is -2.23. The van der Waals surface area contributed by atoms with Gasteiger partial charge in [0, 0.05) is 18.4 Å². The number of aromatic hydroxyl groups is 1. The largest absolute Gasteiger partial charge is 0.479 e. The van der Waals surface area contributed by atoms with Gasteiger partial charge in [0.2, 0.25) is 0 Å². The van der Waals surface area contributed by atoms with Crippen LogP contribution in [-0.4, -0.2) is 51.3 Å². The number of carbonyl (C=O) groups is 2. The first-order valence-electron chi connectivity index (χ1n) is 10.7. The Hall–Kier alpha value is -3.78. The number of aliphatic hydroxyl groups excluding tert-OH is 1. The van der Waals surface area contributed by atoms with Crippen LogP contribution in [0.5, 0.6) is 6.01 Å². The number of hydrogen-bond donors (Lipinski definition) is 3. The molecular weight excluding hydrogens is 422 g/mol. The smallest absolute Gasteiger partial charge is 0.313 e. The summed E-state index contributed by atoms with van der Waals surface area (Å²) >= 11 is 0. The summed E-state index contributed by atoms with van der Waals surface area (Å²) in [5.74, 6) is -1.72. The van der Waals surface area contributed by atoms with Crippen LogP contribution in [0.15, 0.2) is 67.0 Å². The second-order valence-electron chi connectivity index (χ2n) is 7.58. The number of hydrogen-bond acceptors (Lipinski definition) is 7. The van der Waals surface area contributed by atoms with Crippen LogP contribution >= 0.6 is 0 Å². The van der Waals surface area contributed by atoms with Gasteiger partial charge in [-0.25, -0.2) is 9.97 Å². The number of esters is 1. The first-order valence-corrected chi connectivity index (χ1v) is 10.7. The van der Waals surface area contributed by atoms with Gasteiger partial charge in [0.25, 0.3) is 5.91 Å². The predicted octanol–water partition coefficient (Wildman–Crippen LogP) is 2.75. The molecule has 172 valence electrons. The summed E-state index contributed by atoms with van der Waals surface area (Å²) in [6, 6.07) is 17.1. The summed E-state index contributed by atoms with van der Waals surface area (Å²) in [6.07, 6.45) is 3.08. The topological polar surface area (TPSA) is 122 Å². The van der Waals surface area contributed by atoms with E-state index in [9.17, 15) is 19.8 Å². The maximum Gasteiger partial charge on any atom is 0.313 e. The highest BCUT2D eigenvalue weighted by Gasteiger charge is 2.25. The predicted molar refractivity (Wildman–Crippen MR) is 122 cm³/mol. The monoisotopic (exact) mass is 449 g/mol. The molecule has 8 heteroatoms.